The van der Waals surface area contributed by atoms with Gasteiger partial charge in [0.15, 0.2) is 0 Å². The molecule has 0 aromatic heterocycles. The van der Waals surface area contributed by atoms with Gasteiger partial charge in [-0.15, -0.1) is 0 Å². The van der Waals surface area contributed by atoms with Crippen molar-refractivity contribution in [2.24, 2.45) is 0 Å². The topological polar surface area (TPSA) is 29.5 Å². The van der Waals surface area contributed by atoms with Gasteiger partial charge in [0.1, 0.15) is 0 Å². The van der Waals surface area contributed by atoms with E-state index in [0.29, 0.717) is 13.0 Å². The summed E-state index contributed by atoms with van der Waals surface area (Å²) >= 11 is 0. The fourth-order valence-corrected chi connectivity index (χ4v) is 0.608. The molecule has 1 rings (SSSR count). The minimum absolute atomic E-state index is 0.101. The summed E-state index contributed by atoms with van der Waals surface area (Å²) in [4.78, 5) is 12.3. The van der Waals surface area contributed by atoms with Gasteiger partial charge in [-0.25, -0.2) is 0 Å². The monoisotopic (exact) mass is 127 g/mol. The smallest absolute Gasteiger partial charge is 0.229 e. The van der Waals surface area contributed by atoms with Crippen LogP contribution in [0.5, 0.6) is 0 Å². The van der Waals surface area contributed by atoms with Gasteiger partial charge in [0.25, 0.3) is 0 Å². The van der Waals surface area contributed by atoms with E-state index in [1.54, 1.807) is 13.2 Å². The third-order valence-corrected chi connectivity index (χ3v) is 1.21. The van der Waals surface area contributed by atoms with Gasteiger partial charge in [0.05, 0.1) is 19.3 Å². The summed E-state index contributed by atoms with van der Waals surface area (Å²) in [7, 11) is 1.72. The average Bonchev–Trinajstić information content (AvgIpc) is 1.99. The SMILES string of the molecule is CN1C=COCCC1=O. The Kier molecular flexibility index (Phi) is 1.72. The largest absolute Gasteiger partial charge is 0.499 e. The molecular weight excluding hydrogens is 118 g/mol. The third kappa shape index (κ3) is 1.45. The van der Waals surface area contributed by atoms with Crippen LogP contribution >= 0.6 is 0 Å². The van der Waals surface area contributed by atoms with Gasteiger partial charge in [-0.1, -0.05) is 0 Å². The quantitative estimate of drug-likeness (QED) is 0.469. The van der Waals surface area contributed by atoms with E-state index in [2.05, 4.69) is 0 Å². The number of hydrogen-bond acceptors (Lipinski definition) is 2. The van der Waals surface area contributed by atoms with Gasteiger partial charge in [-0.2, -0.15) is 0 Å². The molecule has 1 amide bonds. The molecule has 0 aromatic rings. The van der Waals surface area contributed by atoms with E-state index in [1.807, 2.05) is 0 Å². The molecule has 0 aromatic carbocycles. The number of carbonyl (C=O) groups is 1. The summed E-state index contributed by atoms with van der Waals surface area (Å²) in [6, 6.07) is 0. The highest BCUT2D eigenvalue weighted by atomic mass is 16.5. The van der Waals surface area contributed by atoms with Gasteiger partial charge in [-0.3, -0.25) is 4.79 Å². The van der Waals surface area contributed by atoms with Crippen LogP contribution in [0.25, 0.3) is 0 Å². The fourth-order valence-electron chi connectivity index (χ4n) is 0.608. The number of nitrogens with zero attached hydrogens (tertiary/aromatic N) is 1. The normalized spacial score (nSPS) is 19.2. The Morgan fingerprint density at radius 1 is 1.78 bits per heavy atom. The molecule has 0 saturated carbocycles. The van der Waals surface area contributed by atoms with Gasteiger partial charge < -0.3 is 9.64 Å². The van der Waals surface area contributed by atoms with Crippen LogP contribution in [0.2, 0.25) is 0 Å². The molecule has 0 spiro atoms. The maximum absolute atomic E-state index is 10.8. The first kappa shape index (κ1) is 6.13. The van der Waals surface area contributed by atoms with Crippen molar-refractivity contribution in [1.82, 2.24) is 4.90 Å². The predicted octanol–water partition coefficient (Wildman–Crippen LogP) is 0.336. The molecule has 0 bridgehead atoms. The fraction of sp³-hybridized carbons (Fsp3) is 0.500. The second-order valence-corrected chi connectivity index (χ2v) is 1.91. The Hall–Kier alpha value is -0.990. The number of amides is 1. The van der Waals surface area contributed by atoms with Crippen LogP contribution in [0, 0.1) is 0 Å². The minimum atomic E-state index is 0.101. The van der Waals surface area contributed by atoms with Crippen LogP contribution in [0.1, 0.15) is 6.42 Å². The first-order chi connectivity index (χ1) is 4.30. The van der Waals surface area contributed by atoms with E-state index >= 15 is 0 Å². The summed E-state index contributed by atoms with van der Waals surface area (Å²) in [6.45, 7) is 0.500. The Morgan fingerprint density at radius 3 is 3.33 bits per heavy atom. The Labute approximate surface area is 53.9 Å². The summed E-state index contributed by atoms with van der Waals surface area (Å²) in [5.74, 6) is 0.101. The van der Waals surface area contributed by atoms with E-state index in [4.69, 9.17) is 4.74 Å². The zero-order valence-corrected chi connectivity index (χ0v) is 5.33. The number of ether oxygens (including phenoxy) is 1. The molecule has 50 valence electrons. The lowest BCUT2D eigenvalue weighted by molar-refractivity contribution is -0.127. The number of hydrogen-bond donors (Lipinski definition) is 0. The summed E-state index contributed by atoms with van der Waals surface area (Å²) in [5.41, 5.74) is 0. The van der Waals surface area contributed by atoms with Crippen molar-refractivity contribution in [2.75, 3.05) is 13.7 Å². The molecule has 0 unspecified atom stereocenters. The lowest BCUT2D eigenvalue weighted by atomic mass is 10.4. The molecule has 1 aliphatic rings. The van der Waals surface area contributed by atoms with Crippen LogP contribution in [0.3, 0.4) is 0 Å². The lowest BCUT2D eigenvalue weighted by Gasteiger charge is -2.05. The summed E-state index contributed by atoms with van der Waals surface area (Å²) in [5, 5.41) is 0. The molecule has 3 heteroatoms. The summed E-state index contributed by atoms with van der Waals surface area (Å²) < 4.78 is 4.89. The highest BCUT2D eigenvalue weighted by Gasteiger charge is 2.07. The van der Waals surface area contributed by atoms with Crippen LogP contribution in [-0.2, 0) is 9.53 Å². The maximum Gasteiger partial charge on any atom is 0.229 e. The van der Waals surface area contributed by atoms with Crippen molar-refractivity contribution in [1.29, 1.82) is 0 Å². The predicted molar refractivity (Wildman–Crippen MR) is 32.5 cm³/mol. The maximum atomic E-state index is 10.8. The molecular formula is C6H9NO2. The first-order valence-corrected chi connectivity index (χ1v) is 2.84. The first-order valence-electron chi connectivity index (χ1n) is 2.84. The van der Waals surface area contributed by atoms with Gasteiger partial charge >= 0.3 is 0 Å². The van der Waals surface area contributed by atoms with Crippen LogP contribution in [0.4, 0.5) is 0 Å². The number of carbonyl (C=O) groups excluding carboxylic acids is 1. The highest BCUT2D eigenvalue weighted by molar-refractivity contribution is 5.77. The zero-order chi connectivity index (χ0) is 6.69. The molecule has 0 fully saturated rings. The second kappa shape index (κ2) is 2.53. The molecule has 1 heterocycles. The highest BCUT2D eigenvalue weighted by Crippen LogP contribution is 1.97. The summed E-state index contributed by atoms with van der Waals surface area (Å²) in [6.07, 6.45) is 3.63. The van der Waals surface area contributed by atoms with E-state index in [0.717, 1.165) is 0 Å². The van der Waals surface area contributed by atoms with E-state index in [-0.39, 0.29) is 5.91 Å². The Morgan fingerprint density at radius 2 is 2.56 bits per heavy atom. The van der Waals surface area contributed by atoms with Crippen molar-refractivity contribution in [2.45, 2.75) is 6.42 Å². The Bertz CT molecular complexity index is 142. The van der Waals surface area contributed by atoms with E-state index in [1.165, 1.54) is 11.2 Å². The van der Waals surface area contributed by atoms with Crippen LogP contribution in [-0.4, -0.2) is 24.5 Å². The standard InChI is InChI=1S/C6H9NO2/c1-7-3-5-9-4-2-6(7)8/h3,5H,2,4H2,1H3. The van der Waals surface area contributed by atoms with Gasteiger partial charge in [0.2, 0.25) is 5.91 Å². The molecule has 0 radical (unpaired) electrons. The third-order valence-electron chi connectivity index (χ3n) is 1.21. The zero-order valence-electron chi connectivity index (χ0n) is 5.33. The molecule has 0 saturated heterocycles. The number of rotatable bonds is 0. The second-order valence-electron chi connectivity index (χ2n) is 1.91. The Balaban J connectivity index is 2.56. The molecule has 0 aliphatic carbocycles. The van der Waals surface area contributed by atoms with Crippen LogP contribution in [0.15, 0.2) is 12.5 Å². The van der Waals surface area contributed by atoms with Gasteiger partial charge in [0, 0.05) is 13.2 Å². The minimum Gasteiger partial charge on any atom is -0.499 e. The van der Waals surface area contributed by atoms with Crippen molar-refractivity contribution >= 4 is 5.91 Å². The molecule has 1 aliphatic heterocycles. The molecule has 0 N–H and O–H groups in total. The van der Waals surface area contributed by atoms with Crippen molar-refractivity contribution < 1.29 is 9.53 Å². The molecule has 0 atom stereocenters. The lowest BCUT2D eigenvalue weighted by Crippen LogP contribution is -2.19. The van der Waals surface area contributed by atoms with E-state index in [9.17, 15) is 4.79 Å². The van der Waals surface area contributed by atoms with Crippen molar-refractivity contribution in [3.8, 4) is 0 Å². The molecule has 9 heavy (non-hydrogen) atoms. The van der Waals surface area contributed by atoms with Gasteiger partial charge in [-0.05, 0) is 0 Å². The average molecular weight is 127 g/mol. The van der Waals surface area contributed by atoms with E-state index < -0.39 is 0 Å². The van der Waals surface area contributed by atoms with Crippen molar-refractivity contribution in [3.05, 3.63) is 12.5 Å². The van der Waals surface area contributed by atoms with Crippen LogP contribution < -0.4 is 0 Å². The molecule has 3 nitrogen and oxygen atoms in total. The van der Waals surface area contributed by atoms with Crippen molar-refractivity contribution in [3.63, 3.8) is 0 Å².